The minimum Gasteiger partial charge on any atom is -0.490 e. The Labute approximate surface area is 92.5 Å². The number of hydrogen-bond acceptors (Lipinski definition) is 1. The molecule has 1 nitrogen and oxygen atoms in total. The van der Waals surface area contributed by atoms with Crippen molar-refractivity contribution in [1.82, 2.24) is 0 Å². The Kier molecular flexibility index (Phi) is 2.49. The average Bonchev–Trinajstić information content (AvgIpc) is 2.23. The topological polar surface area (TPSA) is 9.23 Å². The molecule has 1 aromatic carbocycles. The fourth-order valence-electron chi connectivity index (χ4n) is 2.42. The van der Waals surface area contributed by atoms with Crippen LogP contribution < -0.4 is 4.74 Å². The van der Waals surface area contributed by atoms with Crippen LogP contribution in [0, 0.1) is 27.7 Å². The number of hydrogen-bond donors (Lipinski definition) is 0. The van der Waals surface area contributed by atoms with Gasteiger partial charge in [-0.2, -0.15) is 0 Å². The molecule has 15 heavy (non-hydrogen) atoms. The zero-order valence-corrected chi connectivity index (χ0v) is 10.4. The zero-order valence-electron chi connectivity index (χ0n) is 10.4. The summed E-state index contributed by atoms with van der Waals surface area (Å²) in [4.78, 5) is 0. The number of rotatable bonds is 0. The van der Waals surface area contributed by atoms with Crippen LogP contribution in [0.15, 0.2) is 0 Å². The van der Waals surface area contributed by atoms with Gasteiger partial charge in [0.05, 0.1) is 6.10 Å². The molecule has 82 valence electrons. The molecule has 0 aromatic heterocycles. The minimum absolute atomic E-state index is 0.373. The van der Waals surface area contributed by atoms with Gasteiger partial charge in [-0.1, -0.05) is 0 Å². The van der Waals surface area contributed by atoms with Crippen molar-refractivity contribution in [1.29, 1.82) is 0 Å². The van der Waals surface area contributed by atoms with Crippen LogP contribution in [0.1, 0.15) is 41.2 Å². The van der Waals surface area contributed by atoms with Crippen molar-refractivity contribution in [3.8, 4) is 5.75 Å². The summed E-state index contributed by atoms with van der Waals surface area (Å²) in [5.74, 6) is 1.16. The Bertz CT molecular complexity index is 405. The first-order valence-corrected chi connectivity index (χ1v) is 5.78. The van der Waals surface area contributed by atoms with Gasteiger partial charge in [0.15, 0.2) is 0 Å². The third-order valence-electron chi connectivity index (χ3n) is 3.87. The normalized spacial score (nSPS) is 19.7. The van der Waals surface area contributed by atoms with Gasteiger partial charge in [0, 0.05) is 0 Å². The van der Waals surface area contributed by atoms with E-state index in [0.717, 1.165) is 12.2 Å². The van der Waals surface area contributed by atoms with Crippen molar-refractivity contribution in [3.63, 3.8) is 0 Å². The van der Waals surface area contributed by atoms with Crippen LogP contribution in [-0.2, 0) is 6.42 Å². The highest BCUT2D eigenvalue weighted by Gasteiger charge is 2.22. The molecule has 0 spiro atoms. The van der Waals surface area contributed by atoms with Crippen molar-refractivity contribution in [2.45, 2.75) is 53.6 Å². The van der Waals surface area contributed by atoms with Gasteiger partial charge in [-0.05, 0) is 75.3 Å². The number of benzene rings is 1. The monoisotopic (exact) mass is 204 g/mol. The summed E-state index contributed by atoms with van der Waals surface area (Å²) in [5.41, 5.74) is 7.03. The zero-order chi connectivity index (χ0) is 11.2. The van der Waals surface area contributed by atoms with E-state index in [1.54, 1.807) is 0 Å². The molecular formula is C14H20O. The van der Waals surface area contributed by atoms with E-state index < -0.39 is 0 Å². The summed E-state index contributed by atoms with van der Waals surface area (Å²) in [5, 5.41) is 0. The molecule has 1 aliphatic rings. The lowest BCUT2D eigenvalue weighted by Gasteiger charge is -2.28. The van der Waals surface area contributed by atoms with Crippen LogP contribution in [0.4, 0.5) is 0 Å². The smallest absolute Gasteiger partial charge is 0.126 e. The molecule has 0 saturated carbocycles. The van der Waals surface area contributed by atoms with E-state index in [4.69, 9.17) is 4.74 Å². The first-order valence-electron chi connectivity index (χ1n) is 5.78. The maximum atomic E-state index is 5.98. The lowest BCUT2D eigenvalue weighted by atomic mass is 9.89. The van der Waals surface area contributed by atoms with E-state index in [2.05, 4.69) is 34.6 Å². The molecule has 0 radical (unpaired) electrons. The van der Waals surface area contributed by atoms with Crippen LogP contribution in [0.3, 0.4) is 0 Å². The first kappa shape index (κ1) is 10.5. The molecule has 0 unspecified atom stereocenters. The summed E-state index contributed by atoms with van der Waals surface area (Å²) in [6, 6.07) is 0. The highest BCUT2D eigenvalue weighted by molar-refractivity contribution is 5.54. The second-order valence-corrected chi connectivity index (χ2v) is 4.77. The van der Waals surface area contributed by atoms with Crippen LogP contribution >= 0.6 is 0 Å². The van der Waals surface area contributed by atoms with Gasteiger partial charge < -0.3 is 4.74 Å². The second-order valence-electron chi connectivity index (χ2n) is 4.77. The van der Waals surface area contributed by atoms with Crippen LogP contribution in [0.5, 0.6) is 5.75 Å². The third-order valence-corrected chi connectivity index (χ3v) is 3.87. The molecule has 0 N–H and O–H groups in total. The van der Waals surface area contributed by atoms with Crippen molar-refractivity contribution < 1.29 is 4.74 Å². The summed E-state index contributed by atoms with van der Waals surface area (Å²) in [6.45, 7) is 11.0. The largest absolute Gasteiger partial charge is 0.490 e. The molecule has 1 aliphatic heterocycles. The Morgan fingerprint density at radius 2 is 1.53 bits per heavy atom. The van der Waals surface area contributed by atoms with Crippen molar-refractivity contribution in [3.05, 3.63) is 27.8 Å². The standard InChI is InChI=1S/C14H20O/c1-8-6-7-13-11(4)9(2)10(3)12(5)14(13)15-8/h8H,6-7H2,1-5H3/t8-/m0/s1. The minimum atomic E-state index is 0.373. The molecule has 0 amide bonds. The van der Waals surface area contributed by atoms with E-state index >= 15 is 0 Å². The molecule has 0 fully saturated rings. The molecule has 2 rings (SSSR count). The SMILES string of the molecule is Cc1c(C)c(C)c2c(c1C)CC[C@H](C)O2. The number of ether oxygens (including phenoxy) is 1. The van der Waals surface area contributed by atoms with Crippen LogP contribution in [0.2, 0.25) is 0 Å². The van der Waals surface area contributed by atoms with Crippen LogP contribution in [0.25, 0.3) is 0 Å². The molecule has 1 atom stereocenters. The molecular weight excluding hydrogens is 184 g/mol. The maximum absolute atomic E-state index is 5.98. The fraction of sp³-hybridized carbons (Fsp3) is 0.571. The molecule has 0 aliphatic carbocycles. The molecule has 1 aromatic rings. The predicted octanol–water partition coefficient (Wildman–Crippen LogP) is 3.63. The van der Waals surface area contributed by atoms with Crippen molar-refractivity contribution in [2.75, 3.05) is 0 Å². The Morgan fingerprint density at radius 1 is 0.933 bits per heavy atom. The van der Waals surface area contributed by atoms with Crippen molar-refractivity contribution >= 4 is 0 Å². The van der Waals surface area contributed by atoms with Gasteiger partial charge in [0.25, 0.3) is 0 Å². The van der Waals surface area contributed by atoms with E-state index in [9.17, 15) is 0 Å². The predicted molar refractivity (Wildman–Crippen MR) is 63.8 cm³/mol. The van der Waals surface area contributed by atoms with Gasteiger partial charge in [0.2, 0.25) is 0 Å². The molecule has 0 saturated heterocycles. The molecule has 1 heterocycles. The highest BCUT2D eigenvalue weighted by Crippen LogP contribution is 2.37. The van der Waals surface area contributed by atoms with Gasteiger partial charge in [0.1, 0.15) is 5.75 Å². The Hall–Kier alpha value is -0.980. The Balaban J connectivity index is 2.65. The van der Waals surface area contributed by atoms with E-state index in [-0.39, 0.29) is 0 Å². The van der Waals surface area contributed by atoms with Gasteiger partial charge in [-0.25, -0.2) is 0 Å². The lowest BCUT2D eigenvalue weighted by molar-refractivity contribution is 0.190. The molecule has 0 bridgehead atoms. The summed E-state index contributed by atoms with van der Waals surface area (Å²) >= 11 is 0. The van der Waals surface area contributed by atoms with E-state index in [1.165, 1.54) is 34.2 Å². The van der Waals surface area contributed by atoms with Gasteiger partial charge in [-0.3, -0.25) is 0 Å². The van der Waals surface area contributed by atoms with Gasteiger partial charge >= 0.3 is 0 Å². The highest BCUT2D eigenvalue weighted by atomic mass is 16.5. The van der Waals surface area contributed by atoms with Crippen molar-refractivity contribution in [2.24, 2.45) is 0 Å². The summed E-state index contributed by atoms with van der Waals surface area (Å²) < 4.78 is 5.98. The lowest BCUT2D eigenvalue weighted by Crippen LogP contribution is -2.21. The summed E-state index contributed by atoms with van der Waals surface area (Å²) in [6.07, 6.45) is 2.69. The first-order chi connectivity index (χ1) is 7.02. The quantitative estimate of drug-likeness (QED) is 0.627. The average molecular weight is 204 g/mol. The second kappa shape index (κ2) is 3.55. The fourth-order valence-corrected chi connectivity index (χ4v) is 2.42. The number of fused-ring (bicyclic) bond motifs is 1. The summed E-state index contributed by atoms with van der Waals surface area (Å²) in [7, 11) is 0. The van der Waals surface area contributed by atoms with Crippen LogP contribution in [-0.4, -0.2) is 6.10 Å². The van der Waals surface area contributed by atoms with E-state index in [1.807, 2.05) is 0 Å². The van der Waals surface area contributed by atoms with E-state index in [0.29, 0.717) is 6.10 Å². The Morgan fingerprint density at radius 3 is 2.20 bits per heavy atom. The maximum Gasteiger partial charge on any atom is 0.126 e. The molecule has 1 heteroatoms. The van der Waals surface area contributed by atoms with Gasteiger partial charge in [-0.15, -0.1) is 0 Å². The third kappa shape index (κ3) is 1.54.